The molecule has 1 aromatic rings. The second kappa shape index (κ2) is 7.62. The Balaban J connectivity index is 1.63. The van der Waals surface area contributed by atoms with Gasteiger partial charge in [0.25, 0.3) is 0 Å². The van der Waals surface area contributed by atoms with Gasteiger partial charge in [-0.25, -0.2) is 0 Å². The van der Waals surface area contributed by atoms with Crippen molar-refractivity contribution in [1.29, 1.82) is 0 Å². The Morgan fingerprint density at radius 2 is 2.47 bits per heavy atom. The molecule has 1 amide bonds. The fraction of sp³-hybridized carbons (Fsp3) is 0.643. The van der Waals surface area contributed by atoms with Crippen LogP contribution in [0.5, 0.6) is 0 Å². The lowest BCUT2D eigenvalue weighted by molar-refractivity contribution is -0.181. The Bertz CT molecular complexity index is 375. The first kappa shape index (κ1) is 14.5. The number of nitrogens with one attached hydrogen (secondary N) is 1. The molecule has 4 nitrogen and oxygen atoms in total. The van der Waals surface area contributed by atoms with Crippen LogP contribution in [0.15, 0.2) is 17.5 Å². The highest BCUT2D eigenvalue weighted by molar-refractivity contribution is 7.09. The van der Waals surface area contributed by atoms with Crippen molar-refractivity contribution in [3.8, 4) is 0 Å². The second-order valence-electron chi connectivity index (χ2n) is 4.97. The highest BCUT2D eigenvalue weighted by Gasteiger charge is 2.14. The van der Waals surface area contributed by atoms with Gasteiger partial charge < -0.3 is 5.32 Å². The molecule has 1 aliphatic heterocycles. The van der Waals surface area contributed by atoms with Crippen LogP contribution in [0, 0.1) is 0 Å². The summed E-state index contributed by atoms with van der Waals surface area (Å²) in [6.07, 6.45) is 3.70. The van der Waals surface area contributed by atoms with Crippen LogP contribution in [-0.4, -0.2) is 36.7 Å². The Kier molecular flexibility index (Phi) is 5.82. The lowest BCUT2D eigenvalue weighted by atomic mass is 10.2. The normalized spacial score (nSPS) is 18.2. The third-order valence-electron chi connectivity index (χ3n) is 3.16. The number of amides is 1. The van der Waals surface area contributed by atoms with E-state index in [9.17, 15) is 4.79 Å². The maximum atomic E-state index is 11.8. The molecule has 2 heterocycles. The molecular formula is C14H22N2O2S. The molecule has 0 bridgehead atoms. The number of rotatable bonds is 6. The van der Waals surface area contributed by atoms with Crippen LogP contribution in [0.4, 0.5) is 0 Å². The van der Waals surface area contributed by atoms with Crippen molar-refractivity contribution >= 4 is 17.2 Å². The smallest absolute Gasteiger partial charge is 0.221 e. The molecule has 106 valence electrons. The number of nitrogens with zero attached hydrogens (tertiary/aromatic N) is 1. The van der Waals surface area contributed by atoms with Crippen molar-refractivity contribution in [3.63, 3.8) is 0 Å². The summed E-state index contributed by atoms with van der Waals surface area (Å²) in [6.45, 7) is 4.47. The Labute approximate surface area is 118 Å². The predicted octanol–water partition coefficient (Wildman–Crippen LogP) is 2.21. The van der Waals surface area contributed by atoms with Crippen molar-refractivity contribution < 1.29 is 9.63 Å². The number of hydroxylamine groups is 2. The van der Waals surface area contributed by atoms with Gasteiger partial charge in [0, 0.05) is 36.9 Å². The van der Waals surface area contributed by atoms with Crippen molar-refractivity contribution in [1.82, 2.24) is 10.4 Å². The molecule has 0 aromatic carbocycles. The molecule has 5 heteroatoms. The van der Waals surface area contributed by atoms with Gasteiger partial charge in [-0.3, -0.25) is 9.63 Å². The van der Waals surface area contributed by atoms with Crippen LogP contribution in [0.1, 0.15) is 31.1 Å². The fourth-order valence-electron chi connectivity index (χ4n) is 2.18. The fourth-order valence-corrected chi connectivity index (χ4v) is 3.01. The molecule has 1 unspecified atom stereocenters. The van der Waals surface area contributed by atoms with Gasteiger partial charge in [-0.15, -0.1) is 11.3 Å². The summed E-state index contributed by atoms with van der Waals surface area (Å²) in [6, 6.07) is 4.34. The average Bonchev–Trinajstić information content (AvgIpc) is 2.90. The van der Waals surface area contributed by atoms with Gasteiger partial charge in [-0.05, 0) is 31.2 Å². The van der Waals surface area contributed by atoms with Gasteiger partial charge in [0.2, 0.25) is 5.91 Å². The molecule has 1 N–H and O–H groups in total. The summed E-state index contributed by atoms with van der Waals surface area (Å²) in [5.74, 6) is 0.109. The zero-order chi connectivity index (χ0) is 13.5. The summed E-state index contributed by atoms with van der Waals surface area (Å²) in [7, 11) is 0. The van der Waals surface area contributed by atoms with E-state index in [1.165, 1.54) is 4.88 Å². The lowest BCUT2D eigenvalue weighted by Crippen LogP contribution is -2.37. The third-order valence-corrected chi connectivity index (χ3v) is 4.06. The van der Waals surface area contributed by atoms with Gasteiger partial charge in [0.1, 0.15) is 0 Å². The summed E-state index contributed by atoms with van der Waals surface area (Å²) in [5, 5.41) is 7.02. The topological polar surface area (TPSA) is 41.6 Å². The van der Waals surface area contributed by atoms with Crippen molar-refractivity contribution in [2.45, 2.75) is 38.6 Å². The molecule has 0 aliphatic carbocycles. The van der Waals surface area contributed by atoms with Crippen LogP contribution in [0.2, 0.25) is 0 Å². The molecule has 0 saturated carbocycles. The molecule has 0 radical (unpaired) electrons. The minimum atomic E-state index is 0.109. The first-order valence-electron chi connectivity index (χ1n) is 6.93. The number of hydrogen-bond acceptors (Lipinski definition) is 4. The Morgan fingerprint density at radius 1 is 1.58 bits per heavy atom. The Hall–Kier alpha value is -0.910. The van der Waals surface area contributed by atoms with E-state index >= 15 is 0 Å². The first-order chi connectivity index (χ1) is 9.24. The molecule has 1 aliphatic rings. The van der Waals surface area contributed by atoms with Crippen molar-refractivity contribution in [2.24, 2.45) is 0 Å². The van der Waals surface area contributed by atoms with Crippen LogP contribution in [-0.2, 0) is 16.1 Å². The molecular weight excluding hydrogens is 260 g/mol. The van der Waals surface area contributed by atoms with E-state index in [-0.39, 0.29) is 11.9 Å². The third kappa shape index (κ3) is 5.30. The molecule has 2 rings (SSSR count). The molecule has 1 fully saturated rings. The van der Waals surface area contributed by atoms with E-state index in [1.807, 2.05) is 11.1 Å². The lowest BCUT2D eigenvalue weighted by Gasteiger charge is -2.25. The minimum absolute atomic E-state index is 0.109. The number of hydrogen-bond donors (Lipinski definition) is 1. The van der Waals surface area contributed by atoms with Gasteiger partial charge in [-0.2, -0.15) is 5.06 Å². The first-order valence-corrected chi connectivity index (χ1v) is 7.81. The van der Waals surface area contributed by atoms with E-state index in [2.05, 4.69) is 23.7 Å². The quantitative estimate of drug-likeness (QED) is 0.870. The standard InChI is InChI=1S/C14H22N2O2S/c1-12(11-13-5-4-10-19-13)15-14(17)6-8-16-7-2-3-9-18-16/h4-5,10,12H,2-3,6-9,11H2,1H3,(H,15,17). The van der Waals surface area contributed by atoms with E-state index in [1.54, 1.807) is 11.3 Å². The molecule has 1 aromatic heterocycles. The van der Waals surface area contributed by atoms with Crippen LogP contribution < -0.4 is 5.32 Å². The zero-order valence-electron chi connectivity index (χ0n) is 11.4. The molecule has 19 heavy (non-hydrogen) atoms. The van der Waals surface area contributed by atoms with E-state index in [0.29, 0.717) is 13.0 Å². The summed E-state index contributed by atoms with van der Waals surface area (Å²) in [5.41, 5.74) is 0. The summed E-state index contributed by atoms with van der Waals surface area (Å²) in [4.78, 5) is 18.6. The summed E-state index contributed by atoms with van der Waals surface area (Å²) < 4.78 is 0. The van der Waals surface area contributed by atoms with Crippen molar-refractivity contribution in [2.75, 3.05) is 19.7 Å². The average molecular weight is 282 g/mol. The number of thiophene rings is 1. The summed E-state index contributed by atoms with van der Waals surface area (Å²) >= 11 is 1.73. The van der Waals surface area contributed by atoms with Crippen LogP contribution in [0.25, 0.3) is 0 Å². The van der Waals surface area contributed by atoms with Crippen LogP contribution >= 0.6 is 11.3 Å². The highest BCUT2D eigenvalue weighted by atomic mass is 32.1. The van der Waals surface area contributed by atoms with E-state index < -0.39 is 0 Å². The predicted molar refractivity (Wildman–Crippen MR) is 77.0 cm³/mol. The molecule has 1 atom stereocenters. The van der Waals surface area contributed by atoms with Gasteiger partial charge in [0.15, 0.2) is 0 Å². The minimum Gasteiger partial charge on any atom is -0.353 e. The van der Waals surface area contributed by atoms with E-state index in [4.69, 9.17) is 4.84 Å². The van der Waals surface area contributed by atoms with Gasteiger partial charge in [0.05, 0.1) is 6.61 Å². The molecule has 0 spiro atoms. The van der Waals surface area contributed by atoms with Gasteiger partial charge >= 0.3 is 0 Å². The zero-order valence-corrected chi connectivity index (χ0v) is 12.2. The SMILES string of the molecule is CC(Cc1cccs1)NC(=O)CCN1CCCCO1. The Morgan fingerprint density at radius 3 is 3.16 bits per heavy atom. The van der Waals surface area contributed by atoms with Gasteiger partial charge in [-0.1, -0.05) is 6.07 Å². The number of carbonyl (C=O) groups is 1. The van der Waals surface area contributed by atoms with E-state index in [0.717, 1.165) is 32.4 Å². The van der Waals surface area contributed by atoms with Crippen molar-refractivity contribution in [3.05, 3.63) is 22.4 Å². The maximum absolute atomic E-state index is 11.8. The molecule has 1 saturated heterocycles. The monoisotopic (exact) mass is 282 g/mol. The highest BCUT2D eigenvalue weighted by Crippen LogP contribution is 2.11. The maximum Gasteiger partial charge on any atom is 0.221 e. The largest absolute Gasteiger partial charge is 0.353 e. The number of carbonyl (C=O) groups excluding carboxylic acids is 1. The second-order valence-corrected chi connectivity index (χ2v) is 6.00. The van der Waals surface area contributed by atoms with Crippen LogP contribution in [0.3, 0.4) is 0 Å².